The topological polar surface area (TPSA) is 45.2 Å². The summed E-state index contributed by atoms with van der Waals surface area (Å²) in [6.45, 7) is 0.414. The van der Waals surface area contributed by atoms with Crippen LogP contribution in [0.25, 0.3) is 0 Å². The first kappa shape index (κ1) is 7.09. The Morgan fingerprint density at radius 1 is 1.67 bits per heavy atom. The van der Waals surface area contributed by atoms with Crippen molar-refractivity contribution in [1.82, 2.24) is 4.98 Å². The second-order valence-electron chi connectivity index (χ2n) is 2.80. The van der Waals surface area contributed by atoms with Crippen molar-refractivity contribution in [1.29, 1.82) is 0 Å². The molecule has 1 aromatic rings. The van der Waals surface area contributed by atoms with Crippen LogP contribution < -0.4 is 10.2 Å². The fourth-order valence-corrected chi connectivity index (χ4v) is 1.31. The third-order valence-corrected chi connectivity index (χ3v) is 1.86. The van der Waals surface area contributed by atoms with Crippen LogP contribution in [0.3, 0.4) is 0 Å². The average Bonchev–Trinajstić information content (AvgIpc) is 2.04. The normalized spacial score (nSPS) is 15.4. The predicted molar refractivity (Wildman–Crippen MR) is 46.1 cm³/mol. The average molecular weight is 163 g/mol. The van der Waals surface area contributed by atoms with E-state index < -0.39 is 0 Å². The molecule has 0 aliphatic carbocycles. The second kappa shape index (κ2) is 2.48. The van der Waals surface area contributed by atoms with Gasteiger partial charge >= 0.3 is 0 Å². The summed E-state index contributed by atoms with van der Waals surface area (Å²) in [5.41, 5.74) is 1.81. The summed E-state index contributed by atoms with van der Waals surface area (Å²) in [6.07, 6.45) is 3.37. The van der Waals surface area contributed by atoms with Crippen LogP contribution in [0.1, 0.15) is 0 Å². The summed E-state index contributed by atoms with van der Waals surface area (Å²) < 4.78 is 0. The number of hydrogen-bond acceptors (Lipinski definition) is 3. The molecule has 0 atom stereocenters. The van der Waals surface area contributed by atoms with E-state index in [1.165, 1.54) is 0 Å². The van der Waals surface area contributed by atoms with E-state index in [9.17, 15) is 4.79 Å². The molecule has 2 rings (SSSR count). The van der Waals surface area contributed by atoms with E-state index in [1.807, 2.05) is 18.0 Å². The number of aromatic nitrogens is 1. The quantitative estimate of drug-likeness (QED) is 0.604. The minimum Gasteiger partial charge on any atom is -0.364 e. The van der Waals surface area contributed by atoms with E-state index in [4.69, 9.17) is 0 Å². The lowest BCUT2D eigenvalue weighted by Crippen LogP contribution is -2.35. The molecule has 0 aromatic carbocycles. The van der Waals surface area contributed by atoms with E-state index in [1.54, 1.807) is 12.4 Å². The van der Waals surface area contributed by atoms with Gasteiger partial charge in [-0.25, -0.2) is 0 Å². The van der Waals surface area contributed by atoms with Gasteiger partial charge < -0.3 is 10.2 Å². The van der Waals surface area contributed by atoms with Gasteiger partial charge in [0, 0.05) is 13.2 Å². The fraction of sp³-hybridized carbons (Fsp3) is 0.250. The zero-order valence-electron chi connectivity index (χ0n) is 6.74. The Balaban J connectivity index is 2.47. The summed E-state index contributed by atoms with van der Waals surface area (Å²) in [7, 11) is 1.89. The molecule has 1 aliphatic heterocycles. The first-order valence-corrected chi connectivity index (χ1v) is 3.72. The molecule has 1 N–H and O–H groups in total. The molecule has 0 bridgehead atoms. The van der Waals surface area contributed by atoms with Gasteiger partial charge in [-0.3, -0.25) is 9.78 Å². The minimum absolute atomic E-state index is 0.0120. The van der Waals surface area contributed by atoms with Gasteiger partial charge in [-0.2, -0.15) is 0 Å². The van der Waals surface area contributed by atoms with Gasteiger partial charge in [0.05, 0.1) is 24.1 Å². The fourth-order valence-electron chi connectivity index (χ4n) is 1.31. The second-order valence-corrected chi connectivity index (χ2v) is 2.80. The Hall–Kier alpha value is -1.58. The number of likely N-dealkylation sites (N-methyl/N-ethyl adjacent to an activating group) is 1. The van der Waals surface area contributed by atoms with Crippen molar-refractivity contribution in [3.8, 4) is 0 Å². The van der Waals surface area contributed by atoms with Gasteiger partial charge in [0.1, 0.15) is 0 Å². The van der Waals surface area contributed by atoms with E-state index in [-0.39, 0.29) is 5.91 Å². The molecule has 0 saturated heterocycles. The predicted octanol–water partition coefficient (Wildman–Crippen LogP) is 0.470. The Morgan fingerprint density at radius 3 is 3.33 bits per heavy atom. The van der Waals surface area contributed by atoms with E-state index >= 15 is 0 Å². The van der Waals surface area contributed by atoms with Crippen molar-refractivity contribution in [2.24, 2.45) is 0 Å². The summed E-state index contributed by atoms with van der Waals surface area (Å²) >= 11 is 0. The molecule has 0 unspecified atom stereocenters. The van der Waals surface area contributed by atoms with Crippen molar-refractivity contribution in [2.45, 2.75) is 0 Å². The highest BCUT2D eigenvalue weighted by atomic mass is 16.2. The lowest BCUT2D eigenvalue weighted by molar-refractivity contribution is -0.115. The van der Waals surface area contributed by atoms with Crippen molar-refractivity contribution in [2.75, 3.05) is 23.8 Å². The Kier molecular flexibility index (Phi) is 1.46. The summed E-state index contributed by atoms with van der Waals surface area (Å²) in [6, 6.07) is 1.88. The summed E-state index contributed by atoms with van der Waals surface area (Å²) in [5, 5.41) is 2.75. The third kappa shape index (κ3) is 1.01. The van der Waals surface area contributed by atoms with Crippen molar-refractivity contribution < 1.29 is 4.79 Å². The van der Waals surface area contributed by atoms with Crippen LogP contribution in [-0.2, 0) is 4.79 Å². The van der Waals surface area contributed by atoms with Crippen LogP contribution in [0.15, 0.2) is 18.5 Å². The van der Waals surface area contributed by atoms with Crippen LogP contribution in [0, 0.1) is 0 Å². The van der Waals surface area contributed by atoms with Crippen molar-refractivity contribution >= 4 is 17.3 Å². The molecule has 62 valence electrons. The van der Waals surface area contributed by atoms with Crippen LogP contribution in [0.5, 0.6) is 0 Å². The SMILES string of the molecule is CN1CC(=O)Nc2cnccc21. The Labute approximate surface area is 70.2 Å². The molecule has 1 aromatic heterocycles. The molecular weight excluding hydrogens is 154 g/mol. The molecular formula is C8H9N3O. The zero-order chi connectivity index (χ0) is 8.55. The van der Waals surface area contributed by atoms with Crippen molar-refractivity contribution in [3.63, 3.8) is 0 Å². The molecule has 1 aliphatic rings. The number of carbonyl (C=O) groups excluding carboxylic acids is 1. The number of rotatable bonds is 0. The van der Waals surface area contributed by atoms with Crippen LogP contribution in [-0.4, -0.2) is 24.5 Å². The van der Waals surface area contributed by atoms with E-state index in [0.29, 0.717) is 6.54 Å². The number of nitrogens with one attached hydrogen (secondary N) is 1. The number of hydrogen-bond donors (Lipinski definition) is 1. The summed E-state index contributed by atoms with van der Waals surface area (Å²) in [4.78, 5) is 16.9. The molecule has 4 heteroatoms. The molecule has 12 heavy (non-hydrogen) atoms. The maximum Gasteiger partial charge on any atom is 0.243 e. The number of carbonyl (C=O) groups is 1. The van der Waals surface area contributed by atoms with Gasteiger partial charge in [-0.1, -0.05) is 0 Å². The highest BCUT2D eigenvalue weighted by molar-refractivity contribution is 6.00. The highest BCUT2D eigenvalue weighted by Crippen LogP contribution is 2.25. The van der Waals surface area contributed by atoms with Gasteiger partial charge in [-0.15, -0.1) is 0 Å². The lowest BCUT2D eigenvalue weighted by Gasteiger charge is -2.26. The minimum atomic E-state index is 0.0120. The number of pyridine rings is 1. The Bertz CT molecular complexity index is 324. The summed E-state index contributed by atoms with van der Waals surface area (Å²) in [5.74, 6) is 0.0120. The van der Waals surface area contributed by atoms with E-state index in [0.717, 1.165) is 11.4 Å². The molecule has 1 amide bonds. The molecule has 0 fully saturated rings. The standard InChI is InChI=1S/C8H9N3O/c1-11-5-8(12)10-6-4-9-3-2-7(6)11/h2-4H,5H2,1H3,(H,10,12). The van der Waals surface area contributed by atoms with Gasteiger partial charge in [-0.05, 0) is 6.07 Å². The zero-order valence-corrected chi connectivity index (χ0v) is 6.74. The molecule has 0 saturated carbocycles. The van der Waals surface area contributed by atoms with Gasteiger partial charge in [0.15, 0.2) is 0 Å². The van der Waals surface area contributed by atoms with Crippen LogP contribution in [0.2, 0.25) is 0 Å². The largest absolute Gasteiger partial charge is 0.364 e. The number of nitrogens with zero attached hydrogens (tertiary/aromatic N) is 2. The molecule has 0 spiro atoms. The lowest BCUT2D eigenvalue weighted by atomic mass is 10.2. The van der Waals surface area contributed by atoms with Crippen molar-refractivity contribution in [3.05, 3.63) is 18.5 Å². The molecule has 2 heterocycles. The van der Waals surface area contributed by atoms with Crippen LogP contribution in [0.4, 0.5) is 11.4 Å². The molecule has 0 radical (unpaired) electrons. The number of amides is 1. The van der Waals surface area contributed by atoms with E-state index in [2.05, 4.69) is 10.3 Å². The molecule has 4 nitrogen and oxygen atoms in total. The Morgan fingerprint density at radius 2 is 2.50 bits per heavy atom. The monoisotopic (exact) mass is 163 g/mol. The first-order chi connectivity index (χ1) is 5.77. The maximum absolute atomic E-state index is 11.1. The van der Waals surface area contributed by atoms with Gasteiger partial charge in [0.25, 0.3) is 0 Å². The number of anilines is 2. The maximum atomic E-state index is 11.1. The number of fused-ring (bicyclic) bond motifs is 1. The smallest absolute Gasteiger partial charge is 0.243 e. The third-order valence-electron chi connectivity index (χ3n) is 1.86. The van der Waals surface area contributed by atoms with Crippen LogP contribution >= 0.6 is 0 Å². The van der Waals surface area contributed by atoms with Gasteiger partial charge in [0.2, 0.25) is 5.91 Å². The highest BCUT2D eigenvalue weighted by Gasteiger charge is 2.17. The first-order valence-electron chi connectivity index (χ1n) is 3.72.